The maximum Gasteiger partial charge on any atom is 0.216 e. The lowest BCUT2D eigenvalue weighted by atomic mass is 9.84. The summed E-state index contributed by atoms with van der Waals surface area (Å²) in [5.41, 5.74) is 0.503. The van der Waals surface area contributed by atoms with Crippen molar-refractivity contribution in [2.75, 3.05) is 13.7 Å². The van der Waals surface area contributed by atoms with Gasteiger partial charge in [-0.25, -0.2) is 4.39 Å². The second-order valence-corrected chi connectivity index (χ2v) is 4.64. The second kappa shape index (κ2) is 5.17. The van der Waals surface area contributed by atoms with Gasteiger partial charge in [0.25, 0.3) is 0 Å². The lowest BCUT2D eigenvalue weighted by Gasteiger charge is -2.25. The monoisotopic (exact) mass is 239 g/mol. The Labute approximate surface area is 101 Å². The van der Waals surface area contributed by atoms with E-state index in [-0.39, 0.29) is 22.9 Å². The number of ether oxygens (including phenoxy) is 1. The first-order chi connectivity index (χ1) is 7.86. The van der Waals surface area contributed by atoms with Crippen molar-refractivity contribution in [1.82, 2.24) is 5.32 Å². The normalized spacial score (nSPS) is 11.1. The third-order valence-corrected chi connectivity index (χ3v) is 2.71. The maximum atomic E-state index is 13.6. The molecule has 0 aromatic heterocycles. The van der Waals surface area contributed by atoms with Crippen molar-refractivity contribution < 1.29 is 13.9 Å². The number of amides is 1. The third-order valence-electron chi connectivity index (χ3n) is 2.71. The van der Waals surface area contributed by atoms with Crippen molar-refractivity contribution >= 4 is 5.91 Å². The molecule has 0 saturated carbocycles. The SMILES string of the molecule is COc1ccc(C(C)(C)CNC(C)=O)cc1F. The molecule has 0 aliphatic rings. The molecular formula is C13H18FNO2. The van der Waals surface area contributed by atoms with E-state index < -0.39 is 0 Å². The number of hydrogen-bond donors (Lipinski definition) is 1. The van der Waals surface area contributed by atoms with Gasteiger partial charge in [0, 0.05) is 18.9 Å². The summed E-state index contributed by atoms with van der Waals surface area (Å²) in [6.45, 7) is 5.83. The molecule has 0 radical (unpaired) electrons. The zero-order valence-corrected chi connectivity index (χ0v) is 10.6. The van der Waals surface area contributed by atoms with Crippen LogP contribution in [-0.4, -0.2) is 19.6 Å². The van der Waals surface area contributed by atoms with Gasteiger partial charge in [-0.15, -0.1) is 0 Å². The van der Waals surface area contributed by atoms with E-state index in [9.17, 15) is 9.18 Å². The number of methoxy groups -OCH3 is 1. The zero-order valence-electron chi connectivity index (χ0n) is 10.6. The maximum absolute atomic E-state index is 13.6. The standard InChI is InChI=1S/C13H18FNO2/c1-9(16)15-8-13(2,3)10-5-6-12(17-4)11(14)7-10/h5-7H,8H2,1-4H3,(H,15,16). The fraction of sp³-hybridized carbons (Fsp3) is 0.462. The topological polar surface area (TPSA) is 38.3 Å². The summed E-state index contributed by atoms with van der Waals surface area (Å²) >= 11 is 0. The van der Waals surface area contributed by atoms with Crippen LogP contribution in [0.2, 0.25) is 0 Å². The van der Waals surface area contributed by atoms with Gasteiger partial charge in [0.05, 0.1) is 7.11 Å². The van der Waals surface area contributed by atoms with E-state index in [1.165, 1.54) is 20.1 Å². The van der Waals surface area contributed by atoms with Crippen LogP contribution >= 0.6 is 0 Å². The number of rotatable bonds is 4. The minimum Gasteiger partial charge on any atom is -0.494 e. The molecule has 0 aliphatic carbocycles. The lowest BCUT2D eigenvalue weighted by molar-refractivity contribution is -0.119. The van der Waals surface area contributed by atoms with Gasteiger partial charge in [0.2, 0.25) is 5.91 Å². The van der Waals surface area contributed by atoms with Crippen LogP contribution in [0.15, 0.2) is 18.2 Å². The van der Waals surface area contributed by atoms with Gasteiger partial charge in [-0.1, -0.05) is 19.9 Å². The van der Waals surface area contributed by atoms with E-state index in [4.69, 9.17) is 4.74 Å². The summed E-state index contributed by atoms with van der Waals surface area (Å²) in [4.78, 5) is 10.9. The third kappa shape index (κ3) is 3.44. The molecule has 1 aromatic rings. The predicted molar refractivity (Wildman–Crippen MR) is 64.7 cm³/mol. The van der Waals surface area contributed by atoms with Gasteiger partial charge in [-0.2, -0.15) is 0 Å². The molecule has 0 heterocycles. The Kier molecular flexibility index (Phi) is 4.10. The van der Waals surface area contributed by atoms with Crippen LogP contribution < -0.4 is 10.1 Å². The number of benzene rings is 1. The van der Waals surface area contributed by atoms with Crippen molar-refractivity contribution in [2.45, 2.75) is 26.2 Å². The minimum absolute atomic E-state index is 0.0907. The molecule has 1 rings (SSSR count). The molecule has 1 N–H and O–H groups in total. The van der Waals surface area contributed by atoms with Crippen molar-refractivity contribution in [3.63, 3.8) is 0 Å². The van der Waals surface area contributed by atoms with Gasteiger partial charge < -0.3 is 10.1 Å². The Morgan fingerprint density at radius 3 is 2.59 bits per heavy atom. The van der Waals surface area contributed by atoms with Gasteiger partial charge in [-0.3, -0.25) is 4.79 Å². The molecule has 0 spiro atoms. The van der Waals surface area contributed by atoms with E-state index in [1.54, 1.807) is 6.07 Å². The Balaban J connectivity index is 2.90. The Bertz CT molecular complexity index is 416. The summed E-state index contributed by atoms with van der Waals surface area (Å²) < 4.78 is 18.4. The molecule has 1 aromatic carbocycles. The van der Waals surface area contributed by atoms with Crippen LogP contribution in [0, 0.1) is 5.82 Å². The fourth-order valence-electron chi connectivity index (χ4n) is 1.53. The Morgan fingerprint density at radius 1 is 1.47 bits per heavy atom. The highest BCUT2D eigenvalue weighted by Crippen LogP contribution is 2.26. The number of hydrogen-bond acceptors (Lipinski definition) is 2. The van der Waals surface area contributed by atoms with Crippen molar-refractivity contribution in [1.29, 1.82) is 0 Å². The van der Waals surface area contributed by atoms with Crippen LogP contribution in [0.5, 0.6) is 5.75 Å². The second-order valence-electron chi connectivity index (χ2n) is 4.64. The zero-order chi connectivity index (χ0) is 13.1. The van der Waals surface area contributed by atoms with Crippen LogP contribution in [0.1, 0.15) is 26.3 Å². The molecule has 17 heavy (non-hydrogen) atoms. The highest BCUT2D eigenvalue weighted by Gasteiger charge is 2.22. The average molecular weight is 239 g/mol. The Hall–Kier alpha value is -1.58. The van der Waals surface area contributed by atoms with E-state index >= 15 is 0 Å². The largest absolute Gasteiger partial charge is 0.494 e. The van der Waals surface area contributed by atoms with E-state index in [2.05, 4.69) is 5.32 Å². The molecule has 0 fully saturated rings. The van der Waals surface area contributed by atoms with Gasteiger partial charge >= 0.3 is 0 Å². The first-order valence-corrected chi connectivity index (χ1v) is 5.45. The molecule has 4 heteroatoms. The highest BCUT2D eigenvalue weighted by molar-refractivity contribution is 5.72. The van der Waals surface area contributed by atoms with Gasteiger partial charge in [0.15, 0.2) is 11.6 Å². The lowest BCUT2D eigenvalue weighted by Crippen LogP contribution is -2.35. The quantitative estimate of drug-likeness (QED) is 0.875. The van der Waals surface area contributed by atoms with Crippen LogP contribution in [-0.2, 0) is 10.2 Å². The van der Waals surface area contributed by atoms with Crippen LogP contribution in [0.4, 0.5) is 4.39 Å². The summed E-state index contributed by atoms with van der Waals surface area (Å²) in [6.07, 6.45) is 0. The first-order valence-electron chi connectivity index (χ1n) is 5.45. The van der Waals surface area contributed by atoms with Gasteiger partial charge in [0.1, 0.15) is 0 Å². The van der Waals surface area contributed by atoms with Crippen molar-refractivity contribution in [3.05, 3.63) is 29.6 Å². The smallest absolute Gasteiger partial charge is 0.216 e. The molecule has 0 aliphatic heterocycles. The fourth-order valence-corrected chi connectivity index (χ4v) is 1.53. The van der Waals surface area contributed by atoms with Crippen LogP contribution in [0.3, 0.4) is 0 Å². The molecule has 0 unspecified atom stereocenters. The molecule has 1 amide bonds. The molecule has 94 valence electrons. The molecule has 0 saturated heterocycles. The van der Waals surface area contributed by atoms with Crippen LogP contribution in [0.25, 0.3) is 0 Å². The summed E-state index contributed by atoms with van der Waals surface area (Å²) in [5, 5.41) is 2.74. The number of carbonyl (C=O) groups is 1. The Morgan fingerprint density at radius 2 is 2.12 bits per heavy atom. The molecular weight excluding hydrogens is 221 g/mol. The van der Waals surface area contributed by atoms with E-state index in [0.717, 1.165) is 5.56 Å². The summed E-state index contributed by atoms with van der Waals surface area (Å²) in [5.74, 6) is -0.253. The van der Waals surface area contributed by atoms with Crippen molar-refractivity contribution in [2.24, 2.45) is 0 Å². The molecule has 0 atom stereocenters. The molecule has 0 bridgehead atoms. The van der Waals surface area contributed by atoms with E-state index in [0.29, 0.717) is 6.54 Å². The van der Waals surface area contributed by atoms with Gasteiger partial charge in [-0.05, 0) is 17.7 Å². The summed E-state index contributed by atoms with van der Waals surface area (Å²) in [7, 11) is 1.43. The highest BCUT2D eigenvalue weighted by atomic mass is 19.1. The first kappa shape index (κ1) is 13.5. The number of nitrogens with one attached hydrogen (secondary N) is 1. The number of carbonyl (C=O) groups excluding carboxylic acids is 1. The van der Waals surface area contributed by atoms with E-state index in [1.807, 2.05) is 19.9 Å². The predicted octanol–water partition coefficient (Wildman–Crippen LogP) is 2.25. The minimum atomic E-state index is -0.388. The summed E-state index contributed by atoms with van der Waals surface area (Å²) in [6, 6.07) is 4.85. The van der Waals surface area contributed by atoms with Crippen molar-refractivity contribution in [3.8, 4) is 5.75 Å². The molecule has 3 nitrogen and oxygen atoms in total. The average Bonchev–Trinajstić information content (AvgIpc) is 2.26. The number of halogens is 1.